The van der Waals surface area contributed by atoms with Crippen molar-refractivity contribution < 1.29 is 4.79 Å². The minimum absolute atomic E-state index is 0.385. The van der Waals surface area contributed by atoms with Crippen LogP contribution in [0.3, 0.4) is 0 Å². The van der Waals surface area contributed by atoms with Crippen molar-refractivity contribution in [2.24, 2.45) is 0 Å². The lowest BCUT2D eigenvalue weighted by molar-refractivity contribution is -0.129. The topological polar surface area (TPSA) is 35.6 Å². The Morgan fingerprint density at radius 1 is 1.33 bits per heavy atom. The summed E-state index contributed by atoms with van der Waals surface area (Å²) >= 11 is 0. The smallest absolute Gasteiger partial charge is 0.224 e. The van der Waals surface area contributed by atoms with Gasteiger partial charge in [0, 0.05) is 37.6 Å². The van der Waals surface area contributed by atoms with Crippen LogP contribution in [0.2, 0.25) is 0 Å². The van der Waals surface area contributed by atoms with Crippen LogP contribution in [0.5, 0.6) is 0 Å². The van der Waals surface area contributed by atoms with Crippen LogP contribution in [0, 0.1) is 0 Å². The SMILES string of the molecule is CN(CC1CCCN1)C1CC(=O)N2CCCCC12. The summed E-state index contributed by atoms with van der Waals surface area (Å²) in [5.74, 6) is 0.385. The molecule has 3 unspecified atom stereocenters. The fraction of sp³-hybridized carbons (Fsp3) is 0.929. The summed E-state index contributed by atoms with van der Waals surface area (Å²) in [5.41, 5.74) is 0. The number of nitrogens with one attached hydrogen (secondary N) is 1. The molecule has 0 saturated carbocycles. The average Bonchev–Trinajstić information content (AvgIpc) is 2.98. The fourth-order valence-electron chi connectivity index (χ4n) is 3.94. The van der Waals surface area contributed by atoms with E-state index in [0.717, 1.165) is 26.1 Å². The molecule has 3 atom stereocenters. The number of likely N-dealkylation sites (N-methyl/N-ethyl adjacent to an activating group) is 1. The van der Waals surface area contributed by atoms with E-state index in [1.165, 1.54) is 32.1 Å². The zero-order valence-electron chi connectivity index (χ0n) is 11.4. The second-order valence-corrected chi connectivity index (χ2v) is 6.15. The summed E-state index contributed by atoms with van der Waals surface area (Å²) in [6.07, 6.45) is 7.03. The van der Waals surface area contributed by atoms with Gasteiger partial charge in [-0.25, -0.2) is 0 Å². The largest absolute Gasteiger partial charge is 0.338 e. The van der Waals surface area contributed by atoms with Crippen LogP contribution in [0.4, 0.5) is 0 Å². The lowest BCUT2D eigenvalue weighted by Gasteiger charge is -2.36. The third-order valence-corrected chi connectivity index (χ3v) is 4.93. The van der Waals surface area contributed by atoms with Gasteiger partial charge in [-0.1, -0.05) is 0 Å². The zero-order valence-corrected chi connectivity index (χ0v) is 11.4. The van der Waals surface area contributed by atoms with Gasteiger partial charge in [-0.3, -0.25) is 9.69 Å². The average molecular weight is 251 g/mol. The van der Waals surface area contributed by atoms with Crippen molar-refractivity contribution in [3.05, 3.63) is 0 Å². The Balaban J connectivity index is 1.62. The summed E-state index contributed by atoms with van der Waals surface area (Å²) in [6.45, 7) is 3.26. The molecule has 0 bridgehead atoms. The predicted molar refractivity (Wildman–Crippen MR) is 71.4 cm³/mol. The maximum Gasteiger partial charge on any atom is 0.224 e. The molecule has 0 spiro atoms. The van der Waals surface area contributed by atoms with Gasteiger partial charge in [-0.05, 0) is 45.7 Å². The molecule has 3 rings (SSSR count). The second-order valence-electron chi connectivity index (χ2n) is 6.15. The number of carbonyl (C=O) groups excluding carboxylic acids is 1. The van der Waals surface area contributed by atoms with E-state index in [9.17, 15) is 4.79 Å². The van der Waals surface area contributed by atoms with Crippen molar-refractivity contribution in [3.8, 4) is 0 Å². The molecule has 0 aromatic rings. The highest BCUT2D eigenvalue weighted by atomic mass is 16.2. The zero-order chi connectivity index (χ0) is 12.5. The van der Waals surface area contributed by atoms with Crippen LogP contribution in [-0.2, 0) is 4.79 Å². The third kappa shape index (κ3) is 2.28. The van der Waals surface area contributed by atoms with Gasteiger partial charge in [0.2, 0.25) is 5.91 Å². The molecule has 4 nitrogen and oxygen atoms in total. The van der Waals surface area contributed by atoms with Gasteiger partial charge in [0.1, 0.15) is 0 Å². The van der Waals surface area contributed by atoms with Crippen molar-refractivity contribution in [2.45, 2.75) is 56.7 Å². The van der Waals surface area contributed by atoms with Crippen molar-refractivity contribution in [1.29, 1.82) is 0 Å². The summed E-state index contributed by atoms with van der Waals surface area (Å²) < 4.78 is 0. The molecule has 3 heterocycles. The van der Waals surface area contributed by atoms with Crippen LogP contribution in [0.25, 0.3) is 0 Å². The number of amides is 1. The van der Waals surface area contributed by atoms with Gasteiger partial charge >= 0.3 is 0 Å². The Labute approximate surface area is 110 Å². The van der Waals surface area contributed by atoms with Crippen molar-refractivity contribution in [3.63, 3.8) is 0 Å². The number of rotatable bonds is 3. The summed E-state index contributed by atoms with van der Waals surface area (Å²) in [4.78, 5) is 16.6. The molecular formula is C14H25N3O. The van der Waals surface area contributed by atoms with E-state index in [4.69, 9.17) is 0 Å². The Morgan fingerprint density at radius 3 is 3.00 bits per heavy atom. The molecular weight excluding hydrogens is 226 g/mol. The molecule has 3 aliphatic rings. The Kier molecular flexibility index (Phi) is 3.57. The van der Waals surface area contributed by atoms with Gasteiger partial charge in [-0.2, -0.15) is 0 Å². The molecule has 4 heteroatoms. The third-order valence-electron chi connectivity index (χ3n) is 4.93. The minimum Gasteiger partial charge on any atom is -0.338 e. The Bertz CT molecular complexity index is 314. The van der Waals surface area contributed by atoms with Crippen LogP contribution in [0.15, 0.2) is 0 Å². The highest BCUT2D eigenvalue weighted by Crippen LogP contribution is 2.31. The predicted octanol–water partition coefficient (Wildman–Crippen LogP) is 0.824. The van der Waals surface area contributed by atoms with E-state index in [0.29, 0.717) is 24.0 Å². The van der Waals surface area contributed by atoms with E-state index in [2.05, 4.69) is 22.2 Å². The first kappa shape index (κ1) is 12.4. The molecule has 102 valence electrons. The van der Waals surface area contributed by atoms with E-state index in [1.54, 1.807) is 0 Å². The van der Waals surface area contributed by atoms with Crippen LogP contribution in [-0.4, -0.2) is 60.5 Å². The number of piperidine rings is 1. The molecule has 1 amide bonds. The molecule has 1 N–H and O–H groups in total. The second kappa shape index (κ2) is 5.17. The standard InChI is InChI=1S/C14H25N3O/c1-16(10-11-5-4-7-15-11)13-9-14(18)17-8-3-2-6-12(13)17/h11-13,15H,2-10H2,1H3. The molecule has 3 aliphatic heterocycles. The molecule has 3 fully saturated rings. The molecule has 3 saturated heterocycles. The lowest BCUT2D eigenvalue weighted by Crippen LogP contribution is -2.48. The molecule has 0 radical (unpaired) electrons. The maximum absolute atomic E-state index is 12.0. The van der Waals surface area contributed by atoms with Gasteiger partial charge in [-0.15, -0.1) is 0 Å². The number of hydrogen-bond donors (Lipinski definition) is 1. The first-order valence-corrected chi connectivity index (χ1v) is 7.49. The van der Waals surface area contributed by atoms with Crippen LogP contribution < -0.4 is 5.32 Å². The Morgan fingerprint density at radius 2 is 2.22 bits per heavy atom. The fourth-order valence-corrected chi connectivity index (χ4v) is 3.94. The van der Waals surface area contributed by atoms with Crippen molar-refractivity contribution >= 4 is 5.91 Å². The highest BCUT2D eigenvalue weighted by molar-refractivity contribution is 5.80. The molecule has 0 aromatic carbocycles. The number of carbonyl (C=O) groups is 1. The van der Waals surface area contributed by atoms with E-state index < -0.39 is 0 Å². The lowest BCUT2D eigenvalue weighted by atomic mass is 9.98. The normalized spacial score (nSPS) is 36.4. The Hall–Kier alpha value is -0.610. The van der Waals surface area contributed by atoms with Crippen molar-refractivity contribution in [1.82, 2.24) is 15.1 Å². The first-order chi connectivity index (χ1) is 8.75. The molecule has 18 heavy (non-hydrogen) atoms. The van der Waals surface area contributed by atoms with Crippen LogP contribution >= 0.6 is 0 Å². The number of fused-ring (bicyclic) bond motifs is 1. The molecule has 0 aromatic heterocycles. The van der Waals surface area contributed by atoms with Gasteiger partial charge in [0.05, 0.1) is 0 Å². The first-order valence-electron chi connectivity index (χ1n) is 7.49. The van der Waals surface area contributed by atoms with E-state index >= 15 is 0 Å². The van der Waals surface area contributed by atoms with Crippen molar-refractivity contribution in [2.75, 3.05) is 26.7 Å². The summed E-state index contributed by atoms with van der Waals surface area (Å²) in [7, 11) is 2.20. The van der Waals surface area contributed by atoms with E-state index in [1.807, 2.05) is 0 Å². The monoisotopic (exact) mass is 251 g/mol. The number of hydrogen-bond acceptors (Lipinski definition) is 3. The minimum atomic E-state index is 0.385. The quantitative estimate of drug-likeness (QED) is 0.807. The summed E-state index contributed by atoms with van der Waals surface area (Å²) in [6, 6.07) is 1.60. The van der Waals surface area contributed by atoms with E-state index in [-0.39, 0.29) is 0 Å². The highest BCUT2D eigenvalue weighted by Gasteiger charge is 2.42. The maximum atomic E-state index is 12.0. The van der Waals surface area contributed by atoms with Gasteiger partial charge in [0.15, 0.2) is 0 Å². The van der Waals surface area contributed by atoms with Gasteiger partial charge in [0.25, 0.3) is 0 Å². The number of nitrogens with zero attached hydrogens (tertiary/aromatic N) is 2. The van der Waals surface area contributed by atoms with Crippen LogP contribution in [0.1, 0.15) is 38.5 Å². The molecule has 0 aliphatic carbocycles. The summed E-state index contributed by atoms with van der Waals surface area (Å²) in [5, 5.41) is 3.55. The van der Waals surface area contributed by atoms with Gasteiger partial charge < -0.3 is 10.2 Å².